The van der Waals surface area contributed by atoms with E-state index in [0.29, 0.717) is 36.6 Å². The predicted molar refractivity (Wildman–Crippen MR) is 89.2 cm³/mol. The van der Waals surface area contributed by atoms with Gasteiger partial charge in [0.05, 0.1) is 17.9 Å². The summed E-state index contributed by atoms with van der Waals surface area (Å²) in [6, 6.07) is 11.1. The first-order valence-electron chi connectivity index (χ1n) is 7.39. The smallest absolute Gasteiger partial charge is 0.338 e. The first-order valence-corrected chi connectivity index (χ1v) is 7.39. The number of rotatable bonds is 6. The van der Waals surface area contributed by atoms with Gasteiger partial charge in [-0.15, -0.1) is 0 Å². The van der Waals surface area contributed by atoms with Gasteiger partial charge < -0.3 is 19.9 Å². The second-order valence-electron chi connectivity index (χ2n) is 5.11. The highest BCUT2D eigenvalue weighted by molar-refractivity contribution is 5.89. The summed E-state index contributed by atoms with van der Waals surface area (Å²) in [4.78, 5) is 13.7. The molecule has 23 heavy (non-hydrogen) atoms. The second-order valence-corrected chi connectivity index (χ2v) is 5.11. The summed E-state index contributed by atoms with van der Waals surface area (Å²) in [6.45, 7) is 3.50. The van der Waals surface area contributed by atoms with Crippen molar-refractivity contribution in [1.82, 2.24) is 4.57 Å². The van der Waals surface area contributed by atoms with Gasteiger partial charge in [-0.05, 0) is 37.3 Å². The molecule has 0 aliphatic carbocycles. The number of nitrogens with two attached hydrogens (primary N) is 1. The van der Waals surface area contributed by atoms with Crippen molar-refractivity contribution in [3.63, 3.8) is 0 Å². The number of carbonyl (C=O) groups is 1. The molecule has 2 rings (SSSR count). The lowest BCUT2D eigenvalue weighted by atomic mass is 10.2. The molecule has 2 aromatic rings. The molecule has 6 heteroatoms. The van der Waals surface area contributed by atoms with E-state index in [0.717, 1.165) is 5.69 Å². The molecule has 0 aliphatic rings. The summed E-state index contributed by atoms with van der Waals surface area (Å²) in [5, 5.41) is 9.09. The topological polar surface area (TPSA) is 84.3 Å². The number of ether oxygens (including phenoxy) is 1. The zero-order valence-electron chi connectivity index (χ0n) is 13.3. The van der Waals surface area contributed by atoms with Crippen molar-refractivity contribution in [2.45, 2.75) is 13.5 Å². The van der Waals surface area contributed by atoms with Gasteiger partial charge in [0.2, 0.25) is 0 Å². The van der Waals surface area contributed by atoms with Gasteiger partial charge in [-0.2, -0.15) is 5.26 Å². The molecule has 0 saturated carbocycles. The molecule has 2 N–H and O–H groups in total. The molecule has 0 fully saturated rings. The third-order valence-corrected chi connectivity index (χ3v) is 3.60. The molecule has 1 heterocycles. The summed E-state index contributed by atoms with van der Waals surface area (Å²) < 4.78 is 6.80. The molecule has 0 aliphatic heterocycles. The summed E-state index contributed by atoms with van der Waals surface area (Å²) >= 11 is 0. The van der Waals surface area contributed by atoms with Crippen LogP contribution < -0.4 is 10.6 Å². The lowest BCUT2D eigenvalue weighted by Crippen LogP contribution is -2.23. The van der Waals surface area contributed by atoms with Gasteiger partial charge in [0, 0.05) is 32.0 Å². The Balaban J connectivity index is 1.99. The summed E-state index contributed by atoms with van der Waals surface area (Å²) in [7, 11) is 1.96. The third kappa shape index (κ3) is 3.83. The zero-order valence-corrected chi connectivity index (χ0v) is 13.3. The monoisotopic (exact) mass is 312 g/mol. The molecule has 0 radical (unpaired) electrons. The Morgan fingerprint density at radius 2 is 2.04 bits per heavy atom. The first kappa shape index (κ1) is 16.4. The van der Waals surface area contributed by atoms with E-state index in [2.05, 4.69) is 6.07 Å². The Labute approximate surface area is 135 Å². The van der Waals surface area contributed by atoms with Gasteiger partial charge in [-0.1, -0.05) is 0 Å². The maximum absolute atomic E-state index is 11.6. The second kappa shape index (κ2) is 7.36. The molecule has 1 aromatic carbocycles. The number of likely N-dealkylation sites (N-methyl/N-ethyl adjacent to an activating group) is 1. The first-order chi connectivity index (χ1) is 11.1. The minimum absolute atomic E-state index is 0.316. The van der Waals surface area contributed by atoms with E-state index in [9.17, 15) is 4.79 Å². The van der Waals surface area contributed by atoms with E-state index in [1.165, 1.54) is 0 Å². The fraction of sp³-hybridized carbons (Fsp3) is 0.294. The molecule has 1 aromatic heterocycles. The fourth-order valence-corrected chi connectivity index (χ4v) is 2.26. The number of nitrogen functional groups attached to an aromatic ring is 1. The van der Waals surface area contributed by atoms with Crippen LogP contribution in [0.1, 0.15) is 23.0 Å². The number of carbonyl (C=O) groups excluding carboxylic acids is 1. The number of hydrogen-bond donors (Lipinski definition) is 1. The number of benzene rings is 1. The van der Waals surface area contributed by atoms with Crippen molar-refractivity contribution < 1.29 is 9.53 Å². The van der Waals surface area contributed by atoms with Crippen molar-refractivity contribution in [3.05, 3.63) is 47.8 Å². The van der Waals surface area contributed by atoms with E-state index in [1.807, 2.05) is 34.8 Å². The Morgan fingerprint density at radius 3 is 2.65 bits per heavy atom. The predicted octanol–water partition coefficient (Wildman–Crippen LogP) is 2.26. The number of nitriles is 1. The number of aromatic nitrogens is 1. The van der Waals surface area contributed by atoms with Crippen LogP contribution in [0.4, 0.5) is 11.4 Å². The number of nitrogens with zero attached hydrogens (tertiary/aromatic N) is 3. The van der Waals surface area contributed by atoms with Crippen molar-refractivity contribution >= 4 is 17.3 Å². The van der Waals surface area contributed by atoms with E-state index in [-0.39, 0.29) is 5.97 Å². The Morgan fingerprint density at radius 1 is 1.35 bits per heavy atom. The van der Waals surface area contributed by atoms with Crippen LogP contribution in [0.15, 0.2) is 36.5 Å². The number of hydrogen-bond acceptors (Lipinski definition) is 5. The molecule has 0 spiro atoms. The van der Waals surface area contributed by atoms with Crippen LogP contribution >= 0.6 is 0 Å². The third-order valence-electron chi connectivity index (χ3n) is 3.60. The normalized spacial score (nSPS) is 10.1. The maximum Gasteiger partial charge on any atom is 0.338 e. The standard InChI is InChI=1S/C17H20N4O2/c1-3-23-17(22)13-4-6-14(7-5-13)20(2)10-11-21-9-8-15(19)16(21)12-18/h4-9H,3,10-11,19H2,1-2H3. The molecule has 0 saturated heterocycles. The molecular formula is C17H20N4O2. The Kier molecular flexibility index (Phi) is 5.26. The molecule has 0 bridgehead atoms. The highest BCUT2D eigenvalue weighted by atomic mass is 16.5. The Bertz CT molecular complexity index is 713. The van der Waals surface area contributed by atoms with E-state index >= 15 is 0 Å². The number of esters is 1. The Hall–Kier alpha value is -2.94. The van der Waals surface area contributed by atoms with Crippen LogP contribution in [0.5, 0.6) is 0 Å². The fourth-order valence-electron chi connectivity index (χ4n) is 2.26. The van der Waals surface area contributed by atoms with Gasteiger partial charge in [0.1, 0.15) is 11.8 Å². The van der Waals surface area contributed by atoms with Gasteiger partial charge >= 0.3 is 5.97 Å². The zero-order chi connectivity index (χ0) is 16.8. The minimum atomic E-state index is -0.316. The van der Waals surface area contributed by atoms with E-state index < -0.39 is 0 Å². The molecule has 0 atom stereocenters. The lowest BCUT2D eigenvalue weighted by molar-refractivity contribution is 0.0526. The van der Waals surface area contributed by atoms with Crippen LogP contribution in [0, 0.1) is 11.3 Å². The highest BCUT2D eigenvalue weighted by Gasteiger charge is 2.09. The minimum Gasteiger partial charge on any atom is -0.462 e. The van der Waals surface area contributed by atoms with Crippen molar-refractivity contribution in [1.29, 1.82) is 5.26 Å². The van der Waals surface area contributed by atoms with Gasteiger partial charge in [-0.25, -0.2) is 4.79 Å². The van der Waals surface area contributed by atoms with E-state index in [1.54, 1.807) is 25.1 Å². The summed E-state index contributed by atoms with van der Waals surface area (Å²) in [5.41, 5.74) is 8.23. The van der Waals surface area contributed by atoms with Crippen molar-refractivity contribution in [3.8, 4) is 6.07 Å². The molecular weight excluding hydrogens is 292 g/mol. The lowest BCUT2D eigenvalue weighted by Gasteiger charge is -2.20. The average Bonchev–Trinajstić information content (AvgIpc) is 2.92. The molecule has 6 nitrogen and oxygen atoms in total. The van der Waals surface area contributed by atoms with Crippen LogP contribution in [-0.4, -0.2) is 30.7 Å². The van der Waals surface area contributed by atoms with Crippen LogP contribution in [-0.2, 0) is 11.3 Å². The average molecular weight is 312 g/mol. The molecule has 0 amide bonds. The summed E-state index contributed by atoms with van der Waals surface area (Å²) in [5.74, 6) is -0.316. The van der Waals surface area contributed by atoms with Crippen molar-refractivity contribution in [2.75, 3.05) is 30.8 Å². The SMILES string of the molecule is CCOC(=O)c1ccc(N(C)CCn2ccc(N)c2C#N)cc1. The maximum atomic E-state index is 11.6. The van der Waals surface area contributed by atoms with Crippen LogP contribution in [0.2, 0.25) is 0 Å². The van der Waals surface area contributed by atoms with Gasteiger partial charge in [0.25, 0.3) is 0 Å². The quantitative estimate of drug-likeness (QED) is 0.827. The van der Waals surface area contributed by atoms with Gasteiger partial charge in [-0.3, -0.25) is 0 Å². The highest BCUT2D eigenvalue weighted by Crippen LogP contribution is 2.16. The van der Waals surface area contributed by atoms with Gasteiger partial charge in [0.15, 0.2) is 0 Å². The largest absolute Gasteiger partial charge is 0.462 e. The van der Waals surface area contributed by atoms with Crippen LogP contribution in [0.3, 0.4) is 0 Å². The van der Waals surface area contributed by atoms with Crippen molar-refractivity contribution in [2.24, 2.45) is 0 Å². The van der Waals surface area contributed by atoms with E-state index in [4.69, 9.17) is 15.7 Å². The molecule has 0 unspecified atom stereocenters. The van der Waals surface area contributed by atoms with Crippen LogP contribution in [0.25, 0.3) is 0 Å². The number of anilines is 2. The summed E-state index contributed by atoms with van der Waals surface area (Å²) in [6.07, 6.45) is 1.81. The molecule has 120 valence electrons.